The fourth-order valence-electron chi connectivity index (χ4n) is 9.61. The first-order valence-corrected chi connectivity index (χ1v) is 31.8. The summed E-state index contributed by atoms with van der Waals surface area (Å²) in [6.45, 7) is 6.68. The van der Waals surface area contributed by atoms with Gasteiger partial charge in [-0.15, -0.1) is 0 Å². The maximum atomic E-state index is 12.9. The molecule has 0 amide bonds. The lowest BCUT2D eigenvalue weighted by Crippen LogP contribution is -2.30. The minimum atomic E-state index is -0.774. The van der Waals surface area contributed by atoms with Crippen molar-refractivity contribution in [3.63, 3.8) is 0 Å². The first-order valence-electron chi connectivity index (χ1n) is 31.8. The van der Waals surface area contributed by atoms with Crippen LogP contribution in [0.1, 0.15) is 355 Å². The average molecular weight is 1000 g/mol. The van der Waals surface area contributed by atoms with Crippen LogP contribution in [0.15, 0.2) is 24.3 Å². The third kappa shape index (κ3) is 58.7. The van der Waals surface area contributed by atoms with Gasteiger partial charge in [0, 0.05) is 19.3 Å². The highest BCUT2D eigenvalue weighted by Crippen LogP contribution is 2.18. The molecule has 0 fully saturated rings. The van der Waals surface area contributed by atoms with E-state index in [9.17, 15) is 14.4 Å². The molecular weight excluding hydrogens is 877 g/mol. The van der Waals surface area contributed by atoms with Crippen LogP contribution >= 0.6 is 0 Å². The van der Waals surface area contributed by atoms with E-state index in [4.69, 9.17) is 14.2 Å². The number of hydrogen-bond acceptors (Lipinski definition) is 6. The molecule has 0 N–H and O–H groups in total. The molecule has 0 aromatic rings. The van der Waals surface area contributed by atoms with Gasteiger partial charge in [-0.2, -0.15) is 0 Å². The van der Waals surface area contributed by atoms with Crippen LogP contribution in [0.2, 0.25) is 0 Å². The molecule has 6 heteroatoms. The van der Waals surface area contributed by atoms with Gasteiger partial charge in [0.2, 0.25) is 0 Å². The summed E-state index contributed by atoms with van der Waals surface area (Å²) >= 11 is 0. The zero-order chi connectivity index (χ0) is 51.4. The van der Waals surface area contributed by atoms with Gasteiger partial charge < -0.3 is 14.2 Å². The maximum Gasteiger partial charge on any atom is 0.306 e. The molecule has 0 radical (unpaired) electrons. The minimum Gasteiger partial charge on any atom is -0.462 e. The summed E-state index contributed by atoms with van der Waals surface area (Å²) in [6, 6.07) is 0. The van der Waals surface area contributed by atoms with E-state index in [1.54, 1.807) is 0 Å². The summed E-state index contributed by atoms with van der Waals surface area (Å²) in [5.41, 5.74) is 0. The Hall–Kier alpha value is -2.11. The molecule has 418 valence electrons. The molecule has 0 saturated heterocycles. The average Bonchev–Trinajstić information content (AvgIpc) is 3.37. The summed E-state index contributed by atoms with van der Waals surface area (Å²) in [5.74, 6) is -0.860. The van der Waals surface area contributed by atoms with E-state index in [-0.39, 0.29) is 31.1 Å². The van der Waals surface area contributed by atoms with Crippen LogP contribution < -0.4 is 0 Å². The fraction of sp³-hybridized carbons (Fsp3) is 0.892. The highest BCUT2D eigenvalue weighted by atomic mass is 16.6. The van der Waals surface area contributed by atoms with Crippen molar-refractivity contribution in [3.8, 4) is 0 Å². The zero-order valence-corrected chi connectivity index (χ0v) is 48.0. The predicted octanol–water partition coefficient (Wildman–Crippen LogP) is 21.4. The van der Waals surface area contributed by atoms with Gasteiger partial charge in [0.15, 0.2) is 6.10 Å². The number of rotatable bonds is 59. The van der Waals surface area contributed by atoms with E-state index < -0.39 is 6.10 Å². The molecule has 0 heterocycles. The van der Waals surface area contributed by atoms with Crippen LogP contribution in [-0.4, -0.2) is 37.2 Å². The largest absolute Gasteiger partial charge is 0.462 e. The van der Waals surface area contributed by atoms with Gasteiger partial charge >= 0.3 is 17.9 Å². The lowest BCUT2D eigenvalue weighted by molar-refractivity contribution is -0.167. The van der Waals surface area contributed by atoms with E-state index in [2.05, 4.69) is 45.1 Å². The number of esters is 3. The van der Waals surface area contributed by atoms with Crippen molar-refractivity contribution in [1.29, 1.82) is 0 Å². The monoisotopic (exact) mass is 999 g/mol. The van der Waals surface area contributed by atoms with Gasteiger partial charge in [-0.3, -0.25) is 14.4 Å². The number of unbranched alkanes of at least 4 members (excludes halogenated alkanes) is 44. The lowest BCUT2D eigenvalue weighted by Gasteiger charge is -2.18. The van der Waals surface area contributed by atoms with Crippen LogP contribution in [0.25, 0.3) is 0 Å². The predicted molar refractivity (Wildman–Crippen MR) is 307 cm³/mol. The smallest absolute Gasteiger partial charge is 0.306 e. The van der Waals surface area contributed by atoms with Crippen molar-refractivity contribution in [2.75, 3.05) is 13.2 Å². The van der Waals surface area contributed by atoms with Crippen molar-refractivity contribution in [3.05, 3.63) is 24.3 Å². The summed E-state index contributed by atoms with van der Waals surface area (Å²) in [6.07, 6.45) is 71.8. The van der Waals surface area contributed by atoms with Crippen LogP contribution in [0, 0.1) is 0 Å². The SMILES string of the molecule is CCCCCC/C=C\CCCCCCCC(=O)OCC(COC(=O)CCCCCCCCCCCCCCCCCCCCCCCC)OC(=O)CCCCCCCCC/C=C\CCCCCCCCC. The van der Waals surface area contributed by atoms with Gasteiger partial charge in [-0.1, -0.05) is 289 Å². The quantitative estimate of drug-likeness (QED) is 0.0261. The molecule has 6 nitrogen and oxygen atoms in total. The van der Waals surface area contributed by atoms with Gasteiger partial charge in [-0.05, 0) is 70.6 Å². The highest BCUT2D eigenvalue weighted by molar-refractivity contribution is 5.71. The van der Waals surface area contributed by atoms with E-state index >= 15 is 0 Å². The molecule has 1 unspecified atom stereocenters. The molecule has 71 heavy (non-hydrogen) atoms. The molecule has 0 aliphatic heterocycles. The normalized spacial score (nSPS) is 12.1. The minimum absolute atomic E-state index is 0.0708. The van der Waals surface area contributed by atoms with Crippen molar-refractivity contribution in [2.45, 2.75) is 361 Å². The van der Waals surface area contributed by atoms with Crippen LogP contribution in [0.4, 0.5) is 0 Å². The Morgan fingerprint density at radius 1 is 0.268 bits per heavy atom. The molecule has 0 aromatic heterocycles. The summed E-state index contributed by atoms with van der Waals surface area (Å²) < 4.78 is 16.9. The molecule has 1 atom stereocenters. The van der Waals surface area contributed by atoms with Crippen LogP contribution in [0.5, 0.6) is 0 Å². The first-order chi connectivity index (χ1) is 35.0. The zero-order valence-electron chi connectivity index (χ0n) is 48.0. The van der Waals surface area contributed by atoms with E-state index in [0.717, 1.165) is 64.2 Å². The van der Waals surface area contributed by atoms with Gasteiger partial charge in [-0.25, -0.2) is 0 Å². The van der Waals surface area contributed by atoms with E-state index in [1.165, 1.54) is 250 Å². The van der Waals surface area contributed by atoms with Gasteiger partial charge in [0.1, 0.15) is 13.2 Å². The van der Waals surface area contributed by atoms with Crippen molar-refractivity contribution >= 4 is 17.9 Å². The first kappa shape index (κ1) is 68.9. The second kappa shape index (κ2) is 60.4. The molecule has 0 aromatic carbocycles. The maximum absolute atomic E-state index is 12.9. The summed E-state index contributed by atoms with van der Waals surface area (Å²) in [7, 11) is 0. The topological polar surface area (TPSA) is 78.9 Å². The molecule has 0 spiro atoms. The molecule has 0 saturated carbocycles. The lowest BCUT2D eigenvalue weighted by atomic mass is 10.0. The molecule has 0 aliphatic carbocycles. The molecule has 0 rings (SSSR count). The summed E-state index contributed by atoms with van der Waals surface area (Å²) in [5, 5.41) is 0. The van der Waals surface area contributed by atoms with Crippen LogP contribution in [0.3, 0.4) is 0 Å². The Bertz CT molecular complexity index is 1150. The van der Waals surface area contributed by atoms with Gasteiger partial charge in [0.25, 0.3) is 0 Å². The van der Waals surface area contributed by atoms with Gasteiger partial charge in [0.05, 0.1) is 0 Å². The second-order valence-electron chi connectivity index (χ2n) is 21.7. The van der Waals surface area contributed by atoms with Crippen molar-refractivity contribution < 1.29 is 28.6 Å². The number of hydrogen-bond donors (Lipinski definition) is 0. The van der Waals surface area contributed by atoms with Crippen molar-refractivity contribution in [1.82, 2.24) is 0 Å². The highest BCUT2D eigenvalue weighted by Gasteiger charge is 2.19. The standard InChI is InChI=1S/C65H122O6/c1-4-7-10-13-16-19-22-25-27-29-31-32-33-34-36-37-40-43-46-49-52-55-58-64(67)70-61-62(60-69-63(66)57-54-51-48-45-42-39-24-21-18-15-12-9-6-3)71-65(68)59-56-53-50-47-44-41-38-35-30-28-26-23-20-17-14-11-8-5-2/h21,24,28,30,62H,4-20,22-23,25-27,29,31-61H2,1-3H3/b24-21-,30-28-. The number of carbonyl (C=O) groups is 3. The molecular formula is C65H122O6. The third-order valence-corrected chi connectivity index (χ3v) is 14.4. The number of allylic oxidation sites excluding steroid dienone is 4. The van der Waals surface area contributed by atoms with Crippen LogP contribution in [-0.2, 0) is 28.6 Å². The van der Waals surface area contributed by atoms with E-state index in [0.29, 0.717) is 19.3 Å². The third-order valence-electron chi connectivity index (χ3n) is 14.4. The van der Waals surface area contributed by atoms with E-state index in [1.807, 2.05) is 0 Å². The summed E-state index contributed by atoms with van der Waals surface area (Å²) in [4.78, 5) is 38.3. The Morgan fingerprint density at radius 2 is 0.465 bits per heavy atom. The molecule has 0 aliphatic rings. The Labute approximate surface area is 443 Å². The Morgan fingerprint density at radius 3 is 0.718 bits per heavy atom. The van der Waals surface area contributed by atoms with Crippen molar-refractivity contribution in [2.24, 2.45) is 0 Å². The second-order valence-corrected chi connectivity index (χ2v) is 21.7. The number of ether oxygens (including phenoxy) is 3. The Kier molecular flexibility index (Phi) is 58.6. The Balaban J connectivity index is 4.27. The number of carbonyl (C=O) groups excluding carboxylic acids is 3. The fourth-order valence-corrected chi connectivity index (χ4v) is 9.61. The molecule has 0 bridgehead atoms.